The quantitative estimate of drug-likeness (QED) is 0.628. The Labute approximate surface area is 131 Å². The van der Waals surface area contributed by atoms with E-state index >= 15 is 0 Å². The van der Waals surface area contributed by atoms with E-state index in [1.807, 2.05) is 0 Å². The predicted molar refractivity (Wildman–Crippen MR) is 78.3 cm³/mol. The van der Waals surface area contributed by atoms with Crippen molar-refractivity contribution in [2.24, 2.45) is 0 Å². The summed E-state index contributed by atoms with van der Waals surface area (Å²) in [6.07, 6.45) is 0. The van der Waals surface area contributed by atoms with Gasteiger partial charge in [-0.3, -0.25) is 0 Å². The van der Waals surface area contributed by atoms with E-state index in [1.165, 1.54) is 56.7 Å². The average Bonchev–Trinajstić information content (AvgIpc) is 2.61. The number of benzene rings is 1. The van der Waals surface area contributed by atoms with Crippen molar-refractivity contribution >= 4 is 17.9 Å². The van der Waals surface area contributed by atoms with Gasteiger partial charge in [0.05, 0.1) is 19.8 Å². The molecule has 0 aliphatic rings. The van der Waals surface area contributed by atoms with Gasteiger partial charge in [0, 0.05) is 0 Å². The predicted octanol–water partition coefficient (Wildman–Crippen LogP) is 1.87. The summed E-state index contributed by atoms with van der Waals surface area (Å²) in [5, 5.41) is 0. The van der Waals surface area contributed by atoms with Crippen molar-refractivity contribution in [3.63, 3.8) is 0 Å². The summed E-state index contributed by atoms with van der Waals surface area (Å²) in [7, 11) is 2.49. The van der Waals surface area contributed by atoms with E-state index in [4.69, 9.17) is 4.74 Å². The van der Waals surface area contributed by atoms with Gasteiger partial charge in [-0.1, -0.05) is 6.07 Å². The number of ether oxygens (including phenoxy) is 3. The van der Waals surface area contributed by atoms with Crippen LogP contribution in [0.3, 0.4) is 0 Å². The number of methoxy groups -OCH3 is 2. The molecule has 0 unspecified atom stereocenters. The molecule has 1 aromatic carbocycles. The molecule has 7 heteroatoms. The lowest BCUT2D eigenvalue weighted by molar-refractivity contribution is 0.0587. The van der Waals surface area contributed by atoms with Gasteiger partial charge in [-0.05, 0) is 36.4 Å². The second-order valence-electron chi connectivity index (χ2n) is 4.31. The SMILES string of the molecule is COC(=O)c1ccc(OC(=O)c2cccc(C(=O)OC)n2)cc1. The normalized spacial score (nSPS) is 9.83. The van der Waals surface area contributed by atoms with Gasteiger partial charge in [0.2, 0.25) is 0 Å². The lowest BCUT2D eigenvalue weighted by Gasteiger charge is -2.05. The molecule has 0 aliphatic carbocycles. The highest BCUT2D eigenvalue weighted by molar-refractivity contribution is 5.92. The van der Waals surface area contributed by atoms with Crippen molar-refractivity contribution in [2.45, 2.75) is 0 Å². The van der Waals surface area contributed by atoms with Crippen molar-refractivity contribution in [3.8, 4) is 5.75 Å². The molecule has 0 radical (unpaired) electrons. The molecule has 0 saturated carbocycles. The Bertz CT molecular complexity index is 738. The lowest BCUT2D eigenvalue weighted by Crippen LogP contribution is -2.13. The van der Waals surface area contributed by atoms with E-state index in [-0.39, 0.29) is 17.1 Å². The Hall–Kier alpha value is -3.22. The second-order valence-corrected chi connectivity index (χ2v) is 4.31. The Balaban J connectivity index is 2.13. The zero-order valence-corrected chi connectivity index (χ0v) is 12.4. The zero-order valence-electron chi connectivity index (χ0n) is 12.4. The fourth-order valence-corrected chi connectivity index (χ4v) is 1.70. The van der Waals surface area contributed by atoms with Gasteiger partial charge in [0.1, 0.15) is 17.1 Å². The zero-order chi connectivity index (χ0) is 16.8. The molecule has 7 nitrogen and oxygen atoms in total. The number of hydrogen-bond donors (Lipinski definition) is 0. The highest BCUT2D eigenvalue weighted by Crippen LogP contribution is 2.14. The van der Waals surface area contributed by atoms with Gasteiger partial charge < -0.3 is 14.2 Å². The van der Waals surface area contributed by atoms with Crippen LogP contribution in [0.2, 0.25) is 0 Å². The van der Waals surface area contributed by atoms with Gasteiger partial charge >= 0.3 is 17.9 Å². The summed E-state index contributed by atoms with van der Waals surface area (Å²) in [4.78, 5) is 38.6. The molecule has 0 saturated heterocycles. The minimum absolute atomic E-state index is 0.00277. The van der Waals surface area contributed by atoms with Crippen LogP contribution in [0, 0.1) is 0 Å². The Kier molecular flexibility index (Phi) is 5.03. The number of esters is 3. The Morgan fingerprint density at radius 2 is 1.35 bits per heavy atom. The molecular weight excluding hydrogens is 302 g/mol. The molecule has 0 spiro atoms. The van der Waals surface area contributed by atoms with E-state index in [1.54, 1.807) is 0 Å². The molecule has 0 atom stereocenters. The van der Waals surface area contributed by atoms with Crippen LogP contribution in [-0.4, -0.2) is 37.1 Å². The summed E-state index contributed by atoms with van der Waals surface area (Å²) >= 11 is 0. The monoisotopic (exact) mass is 315 g/mol. The van der Waals surface area contributed by atoms with Crippen LogP contribution in [0.1, 0.15) is 31.3 Å². The number of carbonyl (C=O) groups is 3. The van der Waals surface area contributed by atoms with Crippen LogP contribution in [0.25, 0.3) is 0 Å². The van der Waals surface area contributed by atoms with E-state index in [0.717, 1.165) is 0 Å². The van der Waals surface area contributed by atoms with E-state index in [0.29, 0.717) is 5.56 Å². The minimum Gasteiger partial charge on any atom is -0.465 e. The number of aromatic nitrogens is 1. The summed E-state index contributed by atoms with van der Waals surface area (Å²) in [5.41, 5.74) is 0.297. The van der Waals surface area contributed by atoms with Crippen LogP contribution >= 0.6 is 0 Å². The summed E-state index contributed by atoms with van der Waals surface area (Å²) < 4.78 is 14.2. The molecule has 2 aromatic rings. The van der Waals surface area contributed by atoms with Crippen molar-refractivity contribution in [1.29, 1.82) is 0 Å². The molecule has 0 fully saturated rings. The molecule has 23 heavy (non-hydrogen) atoms. The number of hydrogen-bond acceptors (Lipinski definition) is 7. The first-order valence-electron chi connectivity index (χ1n) is 6.51. The third-order valence-corrected chi connectivity index (χ3v) is 2.84. The molecule has 118 valence electrons. The molecule has 0 aliphatic heterocycles. The molecule has 1 heterocycles. The van der Waals surface area contributed by atoms with E-state index in [9.17, 15) is 14.4 Å². The van der Waals surface area contributed by atoms with Crippen molar-refractivity contribution in [3.05, 3.63) is 59.4 Å². The molecule has 2 rings (SSSR count). The van der Waals surface area contributed by atoms with E-state index in [2.05, 4.69) is 14.5 Å². The number of nitrogens with zero attached hydrogens (tertiary/aromatic N) is 1. The van der Waals surface area contributed by atoms with Gasteiger partial charge in [-0.2, -0.15) is 0 Å². The van der Waals surface area contributed by atoms with Crippen molar-refractivity contribution in [1.82, 2.24) is 4.98 Å². The number of carbonyl (C=O) groups excluding carboxylic acids is 3. The second kappa shape index (κ2) is 7.17. The van der Waals surface area contributed by atoms with Gasteiger partial charge in [-0.25, -0.2) is 19.4 Å². The third kappa shape index (κ3) is 3.91. The maximum atomic E-state index is 12.0. The lowest BCUT2D eigenvalue weighted by atomic mass is 10.2. The Morgan fingerprint density at radius 1 is 0.783 bits per heavy atom. The van der Waals surface area contributed by atoms with Crippen molar-refractivity contribution in [2.75, 3.05) is 14.2 Å². The first kappa shape index (κ1) is 16.2. The summed E-state index contributed by atoms with van der Waals surface area (Å²) in [6, 6.07) is 10.2. The van der Waals surface area contributed by atoms with Gasteiger partial charge in [0.25, 0.3) is 0 Å². The smallest absolute Gasteiger partial charge is 0.362 e. The highest BCUT2D eigenvalue weighted by atomic mass is 16.5. The Morgan fingerprint density at radius 3 is 1.91 bits per heavy atom. The van der Waals surface area contributed by atoms with Crippen molar-refractivity contribution < 1.29 is 28.6 Å². The maximum absolute atomic E-state index is 12.0. The van der Waals surface area contributed by atoms with Crippen LogP contribution in [0.4, 0.5) is 0 Å². The maximum Gasteiger partial charge on any atom is 0.362 e. The first-order chi connectivity index (χ1) is 11.0. The molecular formula is C16H13NO6. The number of rotatable bonds is 4. The molecule has 0 N–H and O–H groups in total. The minimum atomic E-state index is -0.735. The molecule has 0 amide bonds. The standard InChI is InChI=1S/C16H13NO6/c1-21-14(18)10-6-8-11(9-7-10)23-16(20)13-5-3-4-12(17-13)15(19)22-2/h3-9H,1-2H3. The fourth-order valence-electron chi connectivity index (χ4n) is 1.70. The van der Waals surface area contributed by atoms with Crippen LogP contribution in [0.5, 0.6) is 5.75 Å². The van der Waals surface area contributed by atoms with Crippen LogP contribution in [-0.2, 0) is 9.47 Å². The average molecular weight is 315 g/mol. The largest absolute Gasteiger partial charge is 0.465 e. The highest BCUT2D eigenvalue weighted by Gasteiger charge is 2.14. The third-order valence-electron chi connectivity index (χ3n) is 2.84. The summed E-state index contributed by atoms with van der Waals surface area (Å²) in [5.74, 6) is -1.65. The fraction of sp³-hybridized carbons (Fsp3) is 0.125. The first-order valence-corrected chi connectivity index (χ1v) is 6.51. The molecule has 1 aromatic heterocycles. The number of pyridine rings is 1. The summed E-state index contributed by atoms with van der Waals surface area (Å²) in [6.45, 7) is 0. The van der Waals surface area contributed by atoms with Crippen LogP contribution < -0.4 is 4.74 Å². The molecule has 0 bridgehead atoms. The van der Waals surface area contributed by atoms with Gasteiger partial charge in [-0.15, -0.1) is 0 Å². The topological polar surface area (TPSA) is 91.8 Å². The van der Waals surface area contributed by atoms with Crippen LogP contribution in [0.15, 0.2) is 42.5 Å². The van der Waals surface area contributed by atoms with Gasteiger partial charge in [0.15, 0.2) is 0 Å². The van der Waals surface area contributed by atoms with E-state index < -0.39 is 17.9 Å².